The van der Waals surface area contributed by atoms with Gasteiger partial charge in [0.05, 0.1) is 35.2 Å². The van der Waals surface area contributed by atoms with Crippen molar-refractivity contribution in [1.29, 1.82) is 5.26 Å². The van der Waals surface area contributed by atoms with E-state index >= 15 is 0 Å². The number of amidine groups is 1. The summed E-state index contributed by atoms with van der Waals surface area (Å²) in [6.07, 6.45) is -0.692. The first-order chi connectivity index (χ1) is 18.9. The number of para-hydroxylation sites is 1. The molecule has 4 aromatic rings. The number of ether oxygens (including phenoxy) is 1. The quantitative estimate of drug-likeness (QED) is 0.263. The van der Waals surface area contributed by atoms with E-state index in [1.165, 1.54) is 5.56 Å². The van der Waals surface area contributed by atoms with Crippen LogP contribution in [0.2, 0.25) is 0 Å². The number of rotatable bonds is 8. The molecule has 0 radical (unpaired) electrons. The lowest BCUT2D eigenvalue weighted by Gasteiger charge is -2.35. The Kier molecular flexibility index (Phi) is 7.63. The van der Waals surface area contributed by atoms with Gasteiger partial charge in [-0.1, -0.05) is 67.9 Å². The normalized spacial score (nSPS) is 14.9. The number of benzene rings is 3. The van der Waals surface area contributed by atoms with Gasteiger partial charge in [0.2, 0.25) is 0 Å². The van der Waals surface area contributed by atoms with Crippen LogP contribution in [0.5, 0.6) is 0 Å². The van der Waals surface area contributed by atoms with Gasteiger partial charge in [-0.2, -0.15) is 5.26 Å². The predicted octanol–water partition coefficient (Wildman–Crippen LogP) is 6.56. The zero-order valence-corrected chi connectivity index (χ0v) is 22.8. The number of nitrogens with zero attached hydrogens (tertiary/aromatic N) is 3. The highest BCUT2D eigenvalue weighted by Gasteiger charge is 2.37. The molecule has 6 nitrogen and oxygen atoms in total. The molecule has 1 aliphatic rings. The Morgan fingerprint density at radius 2 is 1.85 bits per heavy atom. The number of hydrogen-bond acceptors (Lipinski definition) is 6. The van der Waals surface area contributed by atoms with Gasteiger partial charge in [0.15, 0.2) is 5.43 Å². The van der Waals surface area contributed by atoms with Crippen LogP contribution < -0.4 is 5.43 Å². The lowest BCUT2D eigenvalue weighted by atomic mass is 9.90. The third kappa shape index (κ3) is 5.10. The number of nitriles is 1. The highest BCUT2D eigenvalue weighted by molar-refractivity contribution is 6.00. The summed E-state index contributed by atoms with van der Waals surface area (Å²) in [5, 5.41) is 10.1. The van der Waals surface area contributed by atoms with E-state index in [9.17, 15) is 10.1 Å². The van der Waals surface area contributed by atoms with Crippen LogP contribution >= 0.6 is 0 Å². The number of fused-ring (bicyclic) bond motifs is 1. The minimum Gasteiger partial charge on any atom is -0.458 e. The van der Waals surface area contributed by atoms with Crippen LogP contribution in [-0.2, 0) is 4.74 Å². The van der Waals surface area contributed by atoms with Crippen molar-refractivity contribution < 1.29 is 9.15 Å². The molecule has 39 heavy (non-hydrogen) atoms. The molecule has 0 saturated carbocycles. The Morgan fingerprint density at radius 3 is 2.56 bits per heavy atom. The van der Waals surface area contributed by atoms with Crippen LogP contribution in [0, 0.1) is 24.2 Å². The van der Waals surface area contributed by atoms with Gasteiger partial charge in [0.25, 0.3) is 0 Å². The van der Waals surface area contributed by atoms with Crippen molar-refractivity contribution in [3.8, 4) is 6.07 Å². The van der Waals surface area contributed by atoms with Crippen molar-refractivity contribution in [2.24, 2.45) is 10.9 Å². The zero-order valence-electron chi connectivity index (χ0n) is 22.8. The second-order valence-corrected chi connectivity index (χ2v) is 10.2. The molecule has 0 N–H and O–H groups in total. The predicted molar refractivity (Wildman–Crippen MR) is 154 cm³/mol. The monoisotopic (exact) mass is 519 g/mol. The third-order valence-corrected chi connectivity index (χ3v) is 7.20. The third-order valence-electron chi connectivity index (χ3n) is 7.20. The molecule has 0 saturated heterocycles. The van der Waals surface area contributed by atoms with Crippen LogP contribution in [0.25, 0.3) is 11.0 Å². The summed E-state index contributed by atoms with van der Waals surface area (Å²) in [6, 6.07) is 24.9. The highest BCUT2D eigenvalue weighted by atomic mass is 16.5. The van der Waals surface area contributed by atoms with E-state index in [2.05, 4.69) is 56.0 Å². The SMILES string of the molecule is CCOC(c1cccc(C#N)c1)c1c(C(C(C)C)N2CCN=C2c2ccc(C)cc2)oc2ccccc2c1=O. The first-order valence-corrected chi connectivity index (χ1v) is 13.5. The summed E-state index contributed by atoms with van der Waals surface area (Å²) in [4.78, 5) is 21.4. The lowest BCUT2D eigenvalue weighted by Crippen LogP contribution is -2.37. The largest absolute Gasteiger partial charge is 0.458 e. The molecule has 198 valence electrons. The molecule has 0 fully saturated rings. The van der Waals surface area contributed by atoms with Crippen LogP contribution in [-0.4, -0.2) is 30.4 Å². The molecule has 2 heterocycles. The second kappa shape index (κ2) is 11.3. The summed E-state index contributed by atoms with van der Waals surface area (Å²) in [5.74, 6) is 1.57. The van der Waals surface area contributed by atoms with Crippen molar-refractivity contribution in [1.82, 2.24) is 4.90 Å². The number of hydrogen-bond donors (Lipinski definition) is 0. The molecule has 0 amide bonds. The molecule has 0 spiro atoms. The highest BCUT2D eigenvalue weighted by Crippen LogP contribution is 2.39. The smallest absolute Gasteiger partial charge is 0.199 e. The molecule has 0 aliphatic carbocycles. The Labute approximate surface area is 229 Å². The Morgan fingerprint density at radius 1 is 1.08 bits per heavy atom. The van der Waals surface area contributed by atoms with E-state index in [4.69, 9.17) is 14.1 Å². The molecule has 5 rings (SSSR count). The van der Waals surface area contributed by atoms with Crippen LogP contribution in [0.15, 0.2) is 87.0 Å². The van der Waals surface area contributed by atoms with Gasteiger partial charge in [-0.05, 0) is 49.6 Å². The Hall–Kier alpha value is -4.21. The van der Waals surface area contributed by atoms with Crippen molar-refractivity contribution >= 4 is 16.8 Å². The van der Waals surface area contributed by atoms with Crippen molar-refractivity contribution in [3.63, 3.8) is 0 Å². The molecule has 1 aliphatic heterocycles. The maximum absolute atomic E-state index is 14.3. The van der Waals surface area contributed by atoms with Crippen molar-refractivity contribution in [2.75, 3.05) is 19.7 Å². The van der Waals surface area contributed by atoms with Gasteiger partial charge < -0.3 is 14.1 Å². The van der Waals surface area contributed by atoms with Gasteiger partial charge >= 0.3 is 0 Å². The minimum atomic E-state index is -0.692. The summed E-state index contributed by atoms with van der Waals surface area (Å²) in [5.41, 5.74) is 4.38. The Bertz CT molecular complexity index is 1610. The number of aliphatic imine (C=N–C) groups is 1. The summed E-state index contributed by atoms with van der Waals surface area (Å²) in [7, 11) is 0. The maximum atomic E-state index is 14.3. The molecule has 2 unspecified atom stereocenters. The number of aryl methyl sites for hydroxylation is 1. The average Bonchev–Trinajstić information content (AvgIpc) is 3.42. The first kappa shape index (κ1) is 26.4. The summed E-state index contributed by atoms with van der Waals surface area (Å²) >= 11 is 0. The molecule has 1 aromatic heterocycles. The van der Waals surface area contributed by atoms with Gasteiger partial charge in [-0.25, -0.2) is 0 Å². The second-order valence-electron chi connectivity index (χ2n) is 10.2. The molecular weight excluding hydrogens is 486 g/mol. The van der Waals surface area contributed by atoms with E-state index in [1.807, 2.05) is 37.3 Å². The molecule has 0 bridgehead atoms. The fourth-order valence-electron chi connectivity index (χ4n) is 5.42. The molecule has 3 aromatic carbocycles. The van der Waals surface area contributed by atoms with E-state index in [-0.39, 0.29) is 17.4 Å². The van der Waals surface area contributed by atoms with Crippen LogP contribution in [0.4, 0.5) is 0 Å². The Balaban J connectivity index is 1.75. The zero-order chi connectivity index (χ0) is 27.5. The average molecular weight is 520 g/mol. The molecular formula is C33H33N3O3. The van der Waals surface area contributed by atoms with Gasteiger partial charge in [0, 0.05) is 18.7 Å². The van der Waals surface area contributed by atoms with Crippen molar-refractivity contribution in [3.05, 3.63) is 117 Å². The topological polar surface area (TPSA) is 78.8 Å². The summed E-state index contributed by atoms with van der Waals surface area (Å²) < 4.78 is 13.0. The van der Waals surface area contributed by atoms with Crippen molar-refractivity contribution in [2.45, 2.75) is 39.8 Å². The van der Waals surface area contributed by atoms with E-state index < -0.39 is 6.10 Å². The molecule has 2 atom stereocenters. The first-order valence-electron chi connectivity index (χ1n) is 13.5. The fraction of sp³-hybridized carbons (Fsp3) is 0.303. The van der Waals surface area contributed by atoms with Gasteiger partial charge in [0.1, 0.15) is 23.3 Å². The van der Waals surface area contributed by atoms with Crippen LogP contribution in [0.3, 0.4) is 0 Å². The van der Waals surface area contributed by atoms with E-state index in [0.29, 0.717) is 47.6 Å². The molecule has 6 heteroatoms. The van der Waals surface area contributed by atoms with E-state index in [0.717, 1.165) is 17.0 Å². The lowest BCUT2D eigenvalue weighted by molar-refractivity contribution is 0.0856. The minimum absolute atomic E-state index is 0.0922. The standard InChI is InChI=1S/C33H33N3O3/c1-5-38-31(25-10-8-9-23(19-25)20-34)28-30(37)26-11-6-7-12-27(26)39-32(28)29(21(2)3)36-18-17-35-33(36)24-15-13-22(4)14-16-24/h6-16,19,21,29,31H,5,17-18H2,1-4H3. The van der Waals surface area contributed by atoms with E-state index in [1.54, 1.807) is 18.2 Å². The van der Waals surface area contributed by atoms with Gasteiger partial charge in [-0.3, -0.25) is 9.79 Å². The maximum Gasteiger partial charge on any atom is 0.199 e. The summed E-state index contributed by atoms with van der Waals surface area (Å²) in [6.45, 7) is 10.0. The fourth-order valence-corrected chi connectivity index (χ4v) is 5.42. The van der Waals surface area contributed by atoms with Crippen LogP contribution in [0.1, 0.15) is 66.5 Å². The van der Waals surface area contributed by atoms with Gasteiger partial charge in [-0.15, -0.1) is 0 Å².